The molecule has 3 fully saturated rings. The summed E-state index contributed by atoms with van der Waals surface area (Å²) in [6.45, 7) is 6.15. The van der Waals surface area contributed by atoms with Crippen molar-refractivity contribution in [3.05, 3.63) is 0 Å². The second-order valence-corrected chi connectivity index (χ2v) is 7.23. The smallest absolute Gasteiger partial charge is 0.0128 e. The van der Waals surface area contributed by atoms with Crippen LogP contribution in [0.2, 0.25) is 0 Å². The van der Waals surface area contributed by atoms with Gasteiger partial charge in [0.05, 0.1) is 0 Å². The molecule has 2 saturated heterocycles. The minimum absolute atomic E-state index is 0.813. The van der Waals surface area contributed by atoms with Gasteiger partial charge in [0.25, 0.3) is 0 Å². The number of nitrogens with zero attached hydrogens (tertiary/aromatic N) is 1. The summed E-state index contributed by atoms with van der Waals surface area (Å²) in [6.07, 6.45) is 13.1. The molecule has 19 heavy (non-hydrogen) atoms. The van der Waals surface area contributed by atoms with Gasteiger partial charge in [-0.1, -0.05) is 26.2 Å². The third-order valence-electron chi connectivity index (χ3n) is 6.14. The third kappa shape index (κ3) is 3.00. The molecule has 2 heterocycles. The van der Waals surface area contributed by atoms with Crippen molar-refractivity contribution in [2.24, 2.45) is 5.92 Å². The predicted octanol–water partition coefficient (Wildman–Crippen LogP) is 3.56. The molecular formula is C17H32N2. The van der Waals surface area contributed by atoms with Crippen LogP contribution in [-0.2, 0) is 0 Å². The van der Waals surface area contributed by atoms with Gasteiger partial charge in [-0.05, 0) is 57.9 Å². The lowest BCUT2D eigenvalue weighted by molar-refractivity contribution is 0.0644. The van der Waals surface area contributed by atoms with Gasteiger partial charge in [0, 0.05) is 24.2 Å². The lowest BCUT2D eigenvalue weighted by atomic mass is 9.82. The lowest BCUT2D eigenvalue weighted by Crippen LogP contribution is -2.52. The summed E-state index contributed by atoms with van der Waals surface area (Å²) < 4.78 is 0. The summed E-state index contributed by atoms with van der Waals surface area (Å²) in [5.74, 6) is 0.973. The number of nitrogens with one attached hydrogen (secondary N) is 1. The van der Waals surface area contributed by atoms with E-state index in [9.17, 15) is 0 Å². The van der Waals surface area contributed by atoms with Gasteiger partial charge in [-0.3, -0.25) is 4.90 Å². The summed E-state index contributed by atoms with van der Waals surface area (Å²) in [5.41, 5.74) is 0. The summed E-state index contributed by atoms with van der Waals surface area (Å²) in [6, 6.07) is 3.33. The first-order chi connectivity index (χ1) is 9.28. The molecule has 2 heteroatoms. The molecule has 2 bridgehead atoms. The number of piperidine rings is 1. The Labute approximate surface area is 119 Å². The van der Waals surface area contributed by atoms with Crippen LogP contribution in [0.1, 0.15) is 71.6 Å². The van der Waals surface area contributed by atoms with E-state index in [2.05, 4.69) is 24.1 Å². The zero-order valence-corrected chi connectivity index (χ0v) is 12.9. The van der Waals surface area contributed by atoms with Gasteiger partial charge < -0.3 is 5.32 Å². The molecule has 2 aliphatic heterocycles. The summed E-state index contributed by atoms with van der Waals surface area (Å²) >= 11 is 0. The molecule has 0 aromatic rings. The van der Waals surface area contributed by atoms with Crippen molar-refractivity contribution in [3.8, 4) is 0 Å². The Kier molecular flexibility index (Phi) is 4.48. The van der Waals surface area contributed by atoms with Gasteiger partial charge in [0.15, 0.2) is 0 Å². The number of hydrogen-bond acceptors (Lipinski definition) is 2. The van der Waals surface area contributed by atoms with Crippen molar-refractivity contribution in [2.45, 2.75) is 95.8 Å². The Balaban J connectivity index is 1.62. The molecule has 0 amide bonds. The van der Waals surface area contributed by atoms with Gasteiger partial charge in [-0.15, -0.1) is 0 Å². The zero-order valence-electron chi connectivity index (χ0n) is 12.9. The van der Waals surface area contributed by atoms with Crippen molar-refractivity contribution in [2.75, 3.05) is 6.54 Å². The first kappa shape index (κ1) is 13.9. The maximum atomic E-state index is 3.79. The second kappa shape index (κ2) is 6.13. The van der Waals surface area contributed by atoms with Crippen LogP contribution in [0.25, 0.3) is 0 Å². The van der Waals surface area contributed by atoms with E-state index in [1.807, 2.05) is 0 Å². The monoisotopic (exact) mass is 264 g/mol. The Hall–Kier alpha value is -0.0800. The Bertz CT molecular complexity index is 273. The van der Waals surface area contributed by atoms with E-state index in [0.717, 1.165) is 30.1 Å². The summed E-state index contributed by atoms with van der Waals surface area (Å²) in [5, 5.41) is 3.79. The van der Waals surface area contributed by atoms with E-state index >= 15 is 0 Å². The Morgan fingerprint density at radius 1 is 1.00 bits per heavy atom. The first-order valence-electron chi connectivity index (χ1n) is 8.79. The summed E-state index contributed by atoms with van der Waals surface area (Å²) in [7, 11) is 0. The van der Waals surface area contributed by atoms with Gasteiger partial charge in [-0.2, -0.15) is 0 Å². The Morgan fingerprint density at radius 3 is 2.21 bits per heavy atom. The van der Waals surface area contributed by atoms with Crippen LogP contribution in [0.15, 0.2) is 0 Å². The molecule has 1 aliphatic carbocycles. The average molecular weight is 264 g/mol. The molecule has 0 aromatic heterocycles. The molecule has 110 valence electrons. The lowest BCUT2D eigenvalue weighted by Gasteiger charge is -2.44. The highest BCUT2D eigenvalue weighted by Crippen LogP contribution is 2.34. The van der Waals surface area contributed by atoms with E-state index in [1.165, 1.54) is 64.3 Å². The maximum Gasteiger partial charge on any atom is 0.0128 e. The molecule has 0 spiro atoms. The normalized spacial score (nSPS) is 37.7. The molecule has 2 nitrogen and oxygen atoms in total. The van der Waals surface area contributed by atoms with Gasteiger partial charge in [0.1, 0.15) is 0 Å². The molecule has 3 rings (SSSR count). The SMILES string of the molecule is CCN(C1CC2CCC(C1)N2)C(C)C1CCCCC1. The highest BCUT2D eigenvalue weighted by atomic mass is 15.2. The van der Waals surface area contributed by atoms with E-state index in [-0.39, 0.29) is 0 Å². The van der Waals surface area contributed by atoms with Gasteiger partial charge in [0.2, 0.25) is 0 Å². The maximum absolute atomic E-state index is 3.79. The average Bonchev–Trinajstić information content (AvgIpc) is 2.79. The minimum Gasteiger partial charge on any atom is -0.311 e. The van der Waals surface area contributed by atoms with Gasteiger partial charge in [-0.25, -0.2) is 0 Å². The molecular weight excluding hydrogens is 232 g/mol. The summed E-state index contributed by atoms with van der Waals surface area (Å²) in [4.78, 5) is 2.86. The molecule has 3 aliphatic rings. The second-order valence-electron chi connectivity index (χ2n) is 7.23. The molecule has 0 radical (unpaired) electrons. The Morgan fingerprint density at radius 2 is 1.63 bits per heavy atom. The van der Waals surface area contributed by atoms with Crippen LogP contribution in [0.4, 0.5) is 0 Å². The van der Waals surface area contributed by atoms with Crippen molar-refractivity contribution in [1.82, 2.24) is 10.2 Å². The van der Waals surface area contributed by atoms with Crippen LogP contribution < -0.4 is 5.32 Å². The zero-order chi connectivity index (χ0) is 13.2. The van der Waals surface area contributed by atoms with Crippen LogP contribution in [-0.4, -0.2) is 35.6 Å². The van der Waals surface area contributed by atoms with E-state index in [4.69, 9.17) is 0 Å². The van der Waals surface area contributed by atoms with Crippen LogP contribution in [0.5, 0.6) is 0 Å². The van der Waals surface area contributed by atoms with Crippen molar-refractivity contribution in [1.29, 1.82) is 0 Å². The largest absolute Gasteiger partial charge is 0.311 e. The van der Waals surface area contributed by atoms with Crippen LogP contribution in [0.3, 0.4) is 0 Å². The highest BCUT2D eigenvalue weighted by molar-refractivity contribution is 4.97. The fraction of sp³-hybridized carbons (Fsp3) is 1.00. The fourth-order valence-electron chi connectivity index (χ4n) is 5.06. The fourth-order valence-corrected chi connectivity index (χ4v) is 5.06. The quantitative estimate of drug-likeness (QED) is 0.835. The predicted molar refractivity (Wildman–Crippen MR) is 81.4 cm³/mol. The molecule has 1 N–H and O–H groups in total. The van der Waals surface area contributed by atoms with Crippen molar-refractivity contribution in [3.63, 3.8) is 0 Å². The van der Waals surface area contributed by atoms with Gasteiger partial charge >= 0.3 is 0 Å². The first-order valence-corrected chi connectivity index (χ1v) is 8.79. The molecule has 0 aromatic carbocycles. The standard InChI is InChI=1S/C17H32N2/c1-3-19(13(2)14-7-5-4-6-8-14)17-11-15-9-10-16(12-17)18-15/h13-18H,3-12H2,1-2H3. The van der Waals surface area contributed by atoms with Crippen LogP contribution in [0, 0.1) is 5.92 Å². The third-order valence-corrected chi connectivity index (χ3v) is 6.14. The minimum atomic E-state index is 0.813. The van der Waals surface area contributed by atoms with E-state index in [1.54, 1.807) is 0 Å². The van der Waals surface area contributed by atoms with Crippen molar-refractivity contribution < 1.29 is 0 Å². The number of fused-ring (bicyclic) bond motifs is 2. The van der Waals surface area contributed by atoms with Crippen molar-refractivity contribution >= 4 is 0 Å². The molecule has 1 saturated carbocycles. The van der Waals surface area contributed by atoms with E-state index in [0.29, 0.717) is 0 Å². The number of hydrogen-bond donors (Lipinski definition) is 1. The molecule has 3 unspecified atom stereocenters. The number of rotatable bonds is 4. The molecule has 3 atom stereocenters. The van der Waals surface area contributed by atoms with Crippen LogP contribution >= 0.6 is 0 Å². The topological polar surface area (TPSA) is 15.3 Å². The van der Waals surface area contributed by atoms with E-state index < -0.39 is 0 Å². The highest BCUT2D eigenvalue weighted by Gasteiger charge is 2.38.